The number of amides is 1. The second-order valence-electron chi connectivity index (χ2n) is 6.65. The number of rotatable bonds is 10. The summed E-state index contributed by atoms with van der Waals surface area (Å²) in [6.45, 7) is 7.76. The number of carbonyl (C=O) groups is 1. The van der Waals surface area contributed by atoms with Gasteiger partial charge in [-0.3, -0.25) is 4.79 Å². The summed E-state index contributed by atoms with van der Waals surface area (Å²) in [4.78, 5) is 14.3. The Balaban J connectivity index is 2.45. The molecule has 0 unspecified atom stereocenters. The van der Waals surface area contributed by atoms with Crippen LogP contribution >= 0.6 is 0 Å². The molecule has 25 heavy (non-hydrogen) atoms. The van der Waals surface area contributed by atoms with Crippen LogP contribution in [0.4, 0.5) is 5.69 Å². The molecule has 0 aromatic heterocycles. The summed E-state index contributed by atoms with van der Waals surface area (Å²) in [7, 11) is 0.443. The predicted molar refractivity (Wildman–Crippen MR) is 104 cm³/mol. The molecular formula is C18H31N3O3S. The number of hydrogen-bond acceptors (Lipinski definition) is 4. The average molecular weight is 370 g/mol. The summed E-state index contributed by atoms with van der Waals surface area (Å²) in [6.07, 6.45) is 0.580. The van der Waals surface area contributed by atoms with Gasteiger partial charge in [-0.1, -0.05) is 13.8 Å². The van der Waals surface area contributed by atoms with Crippen molar-refractivity contribution in [1.29, 1.82) is 0 Å². The maximum Gasteiger partial charge on any atom is 0.251 e. The Bertz CT molecular complexity index is 642. The van der Waals surface area contributed by atoms with Crippen molar-refractivity contribution in [3.8, 4) is 0 Å². The van der Waals surface area contributed by atoms with Crippen LogP contribution in [0, 0.1) is 5.92 Å². The van der Waals surface area contributed by atoms with Crippen molar-refractivity contribution < 1.29 is 13.2 Å². The molecule has 0 atom stereocenters. The van der Waals surface area contributed by atoms with Crippen molar-refractivity contribution in [3.63, 3.8) is 0 Å². The summed E-state index contributed by atoms with van der Waals surface area (Å²) in [6, 6.07) is 7.52. The largest absolute Gasteiger partial charge is 0.374 e. The van der Waals surface area contributed by atoms with Crippen molar-refractivity contribution in [2.24, 2.45) is 5.92 Å². The van der Waals surface area contributed by atoms with Gasteiger partial charge in [0.05, 0.1) is 5.75 Å². The maximum absolute atomic E-state index is 12.1. The molecule has 0 heterocycles. The van der Waals surface area contributed by atoms with Gasteiger partial charge in [-0.25, -0.2) is 12.7 Å². The van der Waals surface area contributed by atoms with Crippen LogP contribution in [-0.2, 0) is 10.0 Å². The lowest BCUT2D eigenvalue weighted by Gasteiger charge is -2.21. The van der Waals surface area contributed by atoms with E-state index in [1.807, 2.05) is 31.3 Å². The van der Waals surface area contributed by atoms with Gasteiger partial charge in [0.25, 0.3) is 5.91 Å². The van der Waals surface area contributed by atoms with Gasteiger partial charge >= 0.3 is 0 Å². The predicted octanol–water partition coefficient (Wildman–Crippen LogP) is 2.18. The minimum atomic E-state index is -3.16. The Hall–Kier alpha value is -1.60. The van der Waals surface area contributed by atoms with Gasteiger partial charge in [-0.05, 0) is 43.5 Å². The molecule has 0 spiro atoms. The van der Waals surface area contributed by atoms with Gasteiger partial charge in [0.15, 0.2) is 0 Å². The van der Waals surface area contributed by atoms with Crippen LogP contribution in [0.3, 0.4) is 0 Å². The van der Waals surface area contributed by atoms with E-state index >= 15 is 0 Å². The third kappa shape index (κ3) is 7.04. The molecule has 7 heteroatoms. The summed E-state index contributed by atoms with van der Waals surface area (Å²) >= 11 is 0. The highest BCUT2D eigenvalue weighted by Crippen LogP contribution is 2.15. The third-order valence-corrected chi connectivity index (χ3v) is 5.85. The molecule has 1 N–H and O–H groups in total. The third-order valence-electron chi connectivity index (χ3n) is 3.98. The SMILES string of the molecule is CCS(=O)(=O)N(C)CCCNC(=O)c1ccc(N(C)CC(C)C)cc1. The zero-order chi connectivity index (χ0) is 19.0. The molecule has 0 saturated carbocycles. The van der Waals surface area contributed by atoms with Crippen molar-refractivity contribution in [3.05, 3.63) is 29.8 Å². The molecule has 0 aliphatic rings. The number of anilines is 1. The number of carbonyl (C=O) groups excluding carboxylic acids is 1. The first-order valence-corrected chi connectivity index (χ1v) is 10.3. The molecule has 0 aliphatic carbocycles. The first kappa shape index (κ1) is 21.4. The van der Waals surface area contributed by atoms with Crippen LogP contribution in [0.5, 0.6) is 0 Å². The van der Waals surface area contributed by atoms with E-state index in [-0.39, 0.29) is 11.7 Å². The van der Waals surface area contributed by atoms with E-state index in [0.29, 0.717) is 31.0 Å². The quantitative estimate of drug-likeness (QED) is 0.642. The first-order valence-electron chi connectivity index (χ1n) is 8.70. The number of benzene rings is 1. The second-order valence-corrected chi connectivity index (χ2v) is 9.02. The molecule has 0 fully saturated rings. The molecule has 1 aromatic rings. The number of nitrogens with zero attached hydrogens (tertiary/aromatic N) is 2. The number of hydrogen-bond donors (Lipinski definition) is 1. The van der Waals surface area contributed by atoms with E-state index in [1.54, 1.807) is 14.0 Å². The van der Waals surface area contributed by atoms with Gasteiger partial charge < -0.3 is 10.2 Å². The van der Waals surface area contributed by atoms with E-state index in [4.69, 9.17) is 0 Å². The van der Waals surface area contributed by atoms with Crippen LogP contribution in [0.15, 0.2) is 24.3 Å². The van der Waals surface area contributed by atoms with Crippen LogP contribution in [0.1, 0.15) is 37.6 Å². The molecule has 142 valence electrons. The second kappa shape index (κ2) is 9.77. The summed E-state index contributed by atoms with van der Waals surface area (Å²) in [5, 5.41) is 2.83. The van der Waals surface area contributed by atoms with E-state index < -0.39 is 10.0 Å². The zero-order valence-electron chi connectivity index (χ0n) is 15.9. The Labute approximate surface area is 152 Å². The van der Waals surface area contributed by atoms with Crippen LogP contribution in [0.2, 0.25) is 0 Å². The molecule has 1 amide bonds. The smallest absolute Gasteiger partial charge is 0.251 e. The van der Waals surface area contributed by atoms with Crippen molar-refractivity contribution in [1.82, 2.24) is 9.62 Å². The van der Waals surface area contributed by atoms with Gasteiger partial charge in [-0.2, -0.15) is 0 Å². The van der Waals surface area contributed by atoms with Crippen molar-refractivity contribution in [2.45, 2.75) is 27.2 Å². The van der Waals surface area contributed by atoms with Crippen LogP contribution in [-0.4, -0.2) is 58.1 Å². The summed E-state index contributed by atoms with van der Waals surface area (Å²) in [5.74, 6) is 0.523. The van der Waals surface area contributed by atoms with E-state index in [2.05, 4.69) is 24.1 Å². The van der Waals surface area contributed by atoms with Gasteiger partial charge in [0.1, 0.15) is 0 Å². The highest BCUT2D eigenvalue weighted by atomic mass is 32.2. The Morgan fingerprint density at radius 1 is 1.16 bits per heavy atom. The lowest BCUT2D eigenvalue weighted by molar-refractivity contribution is 0.0953. The molecule has 1 aromatic carbocycles. The lowest BCUT2D eigenvalue weighted by atomic mass is 10.1. The Kier molecular flexibility index (Phi) is 8.38. The Morgan fingerprint density at radius 3 is 2.28 bits per heavy atom. The van der Waals surface area contributed by atoms with E-state index in [1.165, 1.54) is 4.31 Å². The van der Waals surface area contributed by atoms with Crippen LogP contribution in [0.25, 0.3) is 0 Å². The number of nitrogens with one attached hydrogen (secondary N) is 1. The first-order chi connectivity index (χ1) is 11.7. The maximum atomic E-state index is 12.1. The lowest BCUT2D eigenvalue weighted by Crippen LogP contribution is -2.32. The summed E-state index contributed by atoms with van der Waals surface area (Å²) in [5.41, 5.74) is 1.69. The highest BCUT2D eigenvalue weighted by Gasteiger charge is 2.14. The minimum absolute atomic E-state index is 0.0907. The fraction of sp³-hybridized carbons (Fsp3) is 0.611. The van der Waals surface area contributed by atoms with Crippen molar-refractivity contribution >= 4 is 21.6 Å². The van der Waals surface area contributed by atoms with Gasteiger partial charge in [0, 0.05) is 45.0 Å². The number of sulfonamides is 1. The standard InChI is InChI=1S/C18H31N3O3S/c1-6-25(23,24)21(5)13-7-12-19-18(22)16-8-10-17(11-9-16)20(4)14-15(2)3/h8-11,15H,6-7,12-14H2,1-5H3,(H,19,22). The minimum Gasteiger partial charge on any atom is -0.374 e. The van der Waals surface area contributed by atoms with E-state index in [9.17, 15) is 13.2 Å². The molecule has 0 radical (unpaired) electrons. The fourth-order valence-corrected chi connectivity index (χ4v) is 3.33. The molecule has 6 nitrogen and oxygen atoms in total. The molecular weight excluding hydrogens is 338 g/mol. The highest BCUT2D eigenvalue weighted by molar-refractivity contribution is 7.89. The monoisotopic (exact) mass is 369 g/mol. The normalized spacial score (nSPS) is 11.8. The van der Waals surface area contributed by atoms with E-state index in [0.717, 1.165) is 12.2 Å². The van der Waals surface area contributed by atoms with Crippen molar-refractivity contribution in [2.75, 3.05) is 44.4 Å². The van der Waals surface area contributed by atoms with Gasteiger partial charge in [-0.15, -0.1) is 0 Å². The van der Waals surface area contributed by atoms with Crippen LogP contribution < -0.4 is 10.2 Å². The van der Waals surface area contributed by atoms with Gasteiger partial charge in [0.2, 0.25) is 10.0 Å². The molecule has 0 bridgehead atoms. The molecule has 0 aliphatic heterocycles. The molecule has 1 rings (SSSR count). The zero-order valence-corrected chi connectivity index (χ0v) is 16.8. The topological polar surface area (TPSA) is 69.7 Å². The fourth-order valence-electron chi connectivity index (χ4n) is 2.49. The summed E-state index contributed by atoms with van der Waals surface area (Å²) < 4.78 is 24.6. The molecule has 0 saturated heterocycles. The Morgan fingerprint density at radius 2 is 1.76 bits per heavy atom. The average Bonchev–Trinajstić information content (AvgIpc) is 2.57.